The Morgan fingerprint density at radius 1 is 1.47 bits per heavy atom. The Morgan fingerprint density at radius 3 is 2.68 bits per heavy atom. The summed E-state index contributed by atoms with van der Waals surface area (Å²) in [5.41, 5.74) is 6.42. The maximum atomic E-state index is 12.5. The molecule has 19 heavy (non-hydrogen) atoms. The molecule has 0 amide bonds. The van der Waals surface area contributed by atoms with Crippen molar-refractivity contribution >= 4 is 21.4 Å². The lowest BCUT2D eigenvalue weighted by Gasteiger charge is -2.20. The van der Waals surface area contributed by atoms with E-state index in [4.69, 9.17) is 5.73 Å². The minimum Gasteiger partial charge on any atom is -0.326 e. The number of hydrogen-bond donors (Lipinski definition) is 2. The van der Waals surface area contributed by atoms with Crippen molar-refractivity contribution < 1.29 is 8.42 Å². The summed E-state index contributed by atoms with van der Waals surface area (Å²) in [6.45, 7) is 4.06. The van der Waals surface area contributed by atoms with E-state index >= 15 is 0 Å². The number of aryl methyl sites for hydroxylation is 1. The maximum absolute atomic E-state index is 12.5. The summed E-state index contributed by atoms with van der Waals surface area (Å²) >= 11 is 1.42. The van der Waals surface area contributed by atoms with E-state index in [1.807, 2.05) is 19.2 Å². The predicted molar refractivity (Wildman–Crippen MR) is 78.7 cm³/mol. The minimum absolute atomic E-state index is 0.00238. The first kappa shape index (κ1) is 15.0. The highest BCUT2D eigenvalue weighted by Gasteiger charge is 2.28. The minimum atomic E-state index is -3.45. The first-order chi connectivity index (χ1) is 8.95. The van der Waals surface area contributed by atoms with E-state index in [0.29, 0.717) is 10.8 Å². The second-order valence-corrected chi connectivity index (χ2v) is 7.94. The van der Waals surface area contributed by atoms with Crippen LogP contribution in [0.3, 0.4) is 0 Å². The average molecular weight is 302 g/mol. The molecule has 1 aliphatic carbocycles. The Hall–Kier alpha value is -0.430. The van der Waals surface area contributed by atoms with Crippen LogP contribution in [0.1, 0.15) is 43.0 Å². The van der Waals surface area contributed by atoms with Gasteiger partial charge in [0, 0.05) is 17.5 Å². The summed E-state index contributed by atoms with van der Waals surface area (Å²) < 4.78 is 27.8. The fourth-order valence-electron chi connectivity index (χ4n) is 2.85. The normalized spacial score (nSPS) is 18.9. The third-order valence-electron chi connectivity index (χ3n) is 3.89. The van der Waals surface area contributed by atoms with Gasteiger partial charge in [-0.15, -0.1) is 11.3 Å². The molecule has 1 atom stereocenters. The molecule has 1 aliphatic rings. The zero-order valence-electron chi connectivity index (χ0n) is 11.5. The molecule has 1 unspecified atom stereocenters. The maximum Gasteiger partial charge on any atom is 0.242 e. The molecule has 0 aromatic carbocycles. The second-order valence-electron chi connectivity index (χ2n) is 5.33. The highest BCUT2D eigenvalue weighted by Crippen LogP contribution is 2.30. The molecule has 0 radical (unpaired) electrons. The topological polar surface area (TPSA) is 72.2 Å². The van der Waals surface area contributed by atoms with Gasteiger partial charge in [0.15, 0.2) is 0 Å². The summed E-state index contributed by atoms with van der Waals surface area (Å²) in [5.74, 6) is 0.468. The molecule has 1 aromatic heterocycles. The van der Waals surface area contributed by atoms with Crippen LogP contribution in [0.2, 0.25) is 0 Å². The Morgan fingerprint density at radius 2 is 2.11 bits per heavy atom. The third-order valence-corrected chi connectivity index (χ3v) is 6.94. The van der Waals surface area contributed by atoms with Gasteiger partial charge in [-0.05, 0) is 43.6 Å². The summed E-state index contributed by atoms with van der Waals surface area (Å²) in [7, 11) is -3.45. The van der Waals surface area contributed by atoms with Gasteiger partial charge < -0.3 is 5.73 Å². The number of sulfonamides is 1. The van der Waals surface area contributed by atoms with Crippen molar-refractivity contribution in [1.29, 1.82) is 0 Å². The molecular formula is C13H22N2O2S2. The first-order valence-corrected chi connectivity index (χ1v) is 9.11. The van der Waals surface area contributed by atoms with Crippen LogP contribution >= 0.6 is 11.3 Å². The zero-order valence-corrected chi connectivity index (χ0v) is 13.1. The van der Waals surface area contributed by atoms with Crippen molar-refractivity contribution in [2.45, 2.75) is 57.0 Å². The van der Waals surface area contributed by atoms with Crippen molar-refractivity contribution in [3.8, 4) is 0 Å². The molecule has 0 aliphatic heterocycles. The average Bonchev–Trinajstić information content (AvgIpc) is 2.96. The van der Waals surface area contributed by atoms with Crippen molar-refractivity contribution in [3.05, 3.63) is 15.8 Å². The Bertz CT molecular complexity index is 531. The fraction of sp³-hybridized carbons (Fsp3) is 0.692. The number of hydrogen-bond acceptors (Lipinski definition) is 4. The molecular weight excluding hydrogens is 280 g/mol. The van der Waals surface area contributed by atoms with Crippen molar-refractivity contribution in [3.63, 3.8) is 0 Å². The van der Waals surface area contributed by atoms with E-state index in [1.54, 1.807) is 0 Å². The van der Waals surface area contributed by atoms with Crippen molar-refractivity contribution in [2.24, 2.45) is 11.7 Å². The quantitative estimate of drug-likeness (QED) is 0.877. The van der Waals surface area contributed by atoms with Crippen molar-refractivity contribution in [2.75, 3.05) is 0 Å². The summed E-state index contributed by atoms with van der Waals surface area (Å²) in [4.78, 5) is 1.13. The van der Waals surface area contributed by atoms with Crippen LogP contribution in [-0.4, -0.2) is 14.5 Å². The highest BCUT2D eigenvalue weighted by molar-refractivity contribution is 7.89. The monoisotopic (exact) mass is 302 g/mol. The number of thiophene rings is 1. The number of rotatable bonds is 5. The molecule has 0 saturated heterocycles. The lowest BCUT2D eigenvalue weighted by molar-refractivity contribution is 0.424. The van der Waals surface area contributed by atoms with Gasteiger partial charge in [-0.2, -0.15) is 0 Å². The van der Waals surface area contributed by atoms with Crippen LogP contribution in [0.25, 0.3) is 0 Å². The third kappa shape index (κ3) is 3.18. The first-order valence-electron chi connectivity index (χ1n) is 6.75. The van der Waals surface area contributed by atoms with E-state index in [1.165, 1.54) is 24.2 Å². The van der Waals surface area contributed by atoms with E-state index in [0.717, 1.165) is 23.3 Å². The zero-order chi connectivity index (χ0) is 14.0. The molecule has 0 spiro atoms. The van der Waals surface area contributed by atoms with Crippen LogP contribution < -0.4 is 10.5 Å². The van der Waals surface area contributed by atoms with Crippen LogP contribution in [0.4, 0.5) is 0 Å². The second kappa shape index (κ2) is 5.91. The molecule has 2 rings (SSSR count). The fourth-order valence-corrected chi connectivity index (χ4v) is 5.86. The Kier molecular flexibility index (Phi) is 4.66. The Balaban J connectivity index is 2.19. The van der Waals surface area contributed by atoms with Crippen LogP contribution in [-0.2, 0) is 16.6 Å². The van der Waals surface area contributed by atoms with E-state index < -0.39 is 10.0 Å². The van der Waals surface area contributed by atoms with Gasteiger partial charge in [0.05, 0.1) is 0 Å². The largest absolute Gasteiger partial charge is 0.326 e. The van der Waals surface area contributed by atoms with E-state index in [-0.39, 0.29) is 12.6 Å². The molecule has 108 valence electrons. The van der Waals surface area contributed by atoms with Gasteiger partial charge >= 0.3 is 0 Å². The van der Waals surface area contributed by atoms with Gasteiger partial charge in [0.2, 0.25) is 10.0 Å². The highest BCUT2D eigenvalue weighted by atomic mass is 32.2. The number of nitrogens with two attached hydrogens (primary N) is 1. The molecule has 3 N–H and O–H groups in total. The smallest absolute Gasteiger partial charge is 0.242 e. The van der Waals surface area contributed by atoms with Gasteiger partial charge in [-0.1, -0.05) is 12.8 Å². The van der Waals surface area contributed by atoms with Gasteiger partial charge in [0.1, 0.15) is 4.90 Å². The van der Waals surface area contributed by atoms with E-state index in [9.17, 15) is 8.42 Å². The summed E-state index contributed by atoms with van der Waals surface area (Å²) in [5, 5.41) is 1.86. The van der Waals surface area contributed by atoms with Crippen LogP contribution in [0.5, 0.6) is 0 Å². The van der Waals surface area contributed by atoms with Crippen LogP contribution in [0.15, 0.2) is 10.3 Å². The van der Waals surface area contributed by atoms with Gasteiger partial charge in [0.25, 0.3) is 0 Å². The SMILES string of the molecule is Cc1csc(CN)c1S(=O)(=O)NC(C)C1CCCC1. The summed E-state index contributed by atoms with van der Waals surface area (Å²) in [6.07, 6.45) is 4.66. The molecule has 6 heteroatoms. The van der Waals surface area contributed by atoms with E-state index in [2.05, 4.69) is 4.72 Å². The number of nitrogens with one attached hydrogen (secondary N) is 1. The standard InChI is InChI=1S/C13H22N2O2S2/c1-9-8-18-12(7-14)13(9)19(16,17)15-10(2)11-5-3-4-6-11/h8,10-11,15H,3-7,14H2,1-2H3. The van der Waals surface area contributed by atoms with Crippen LogP contribution in [0, 0.1) is 12.8 Å². The molecule has 4 nitrogen and oxygen atoms in total. The molecule has 1 aromatic rings. The molecule has 1 heterocycles. The van der Waals surface area contributed by atoms with Crippen molar-refractivity contribution in [1.82, 2.24) is 4.72 Å². The van der Waals surface area contributed by atoms with Gasteiger partial charge in [-0.25, -0.2) is 13.1 Å². The Labute approximate surface area is 119 Å². The summed E-state index contributed by atoms with van der Waals surface area (Å²) in [6, 6.07) is -0.00238. The molecule has 0 bridgehead atoms. The predicted octanol–water partition coefficient (Wildman–Crippen LogP) is 2.37. The molecule has 1 fully saturated rings. The molecule has 1 saturated carbocycles. The lowest BCUT2D eigenvalue weighted by atomic mass is 10.0. The van der Waals surface area contributed by atoms with Gasteiger partial charge in [-0.3, -0.25) is 0 Å². The lowest BCUT2D eigenvalue weighted by Crippen LogP contribution is -2.37.